The third-order valence-corrected chi connectivity index (χ3v) is 7.68. The van der Waals surface area contributed by atoms with E-state index in [-0.39, 0.29) is 0 Å². The molecule has 2 aromatic carbocycles. The lowest BCUT2D eigenvalue weighted by atomic mass is 10.1. The number of rotatable bonds is 6. The van der Waals surface area contributed by atoms with Crippen LogP contribution in [0.2, 0.25) is 0 Å². The number of nitrogens with zero attached hydrogens (tertiary/aromatic N) is 3. The van der Waals surface area contributed by atoms with Gasteiger partial charge in [-0.3, -0.25) is 4.90 Å². The summed E-state index contributed by atoms with van der Waals surface area (Å²) >= 11 is 3.45. The molecule has 0 fully saturated rings. The molecule has 4 aromatic rings. The molecule has 2 aromatic heterocycles. The minimum atomic E-state index is 0.606. The minimum Gasteiger partial charge on any atom is -0.414 e. The Balaban J connectivity index is 1.55. The van der Waals surface area contributed by atoms with Gasteiger partial charge in [-0.15, -0.1) is 11.3 Å². The normalized spacial score (nSPS) is 14.8. The van der Waals surface area contributed by atoms with Crippen molar-refractivity contribution in [3.05, 3.63) is 87.8 Å². The van der Waals surface area contributed by atoms with Gasteiger partial charge in [0.1, 0.15) is 4.83 Å². The van der Waals surface area contributed by atoms with Crippen LogP contribution in [0.5, 0.6) is 0 Å². The van der Waals surface area contributed by atoms with E-state index < -0.39 is 0 Å². The number of benzene rings is 2. The number of aromatic nitrogens is 1. The fraction of sp³-hybridized carbons (Fsp3) is 0.280. The summed E-state index contributed by atoms with van der Waals surface area (Å²) in [4.78, 5) is 14.8. The van der Waals surface area contributed by atoms with Crippen LogP contribution in [0.3, 0.4) is 0 Å². The van der Waals surface area contributed by atoms with Crippen molar-refractivity contribution in [2.75, 3.05) is 13.1 Å². The SMILES string of the molecule is CCN1CCc2sc3nc(SCc4ccccc4)oc(=NCc4ccccc4)c3c2C1. The van der Waals surface area contributed by atoms with E-state index in [1.54, 1.807) is 11.8 Å². The van der Waals surface area contributed by atoms with E-state index in [9.17, 15) is 0 Å². The summed E-state index contributed by atoms with van der Waals surface area (Å²) in [5, 5.41) is 1.80. The van der Waals surface area contributed by atoms with Gasteiger partial charge < -0.3 is 4.42 Å². The molecule has 158 valence electrons. The molecule has 0 bridgehead atoms. The van der Waals surface area contributed by atoms with Crippen molar-refractivity contribution in [1.29, 1.82) is 0 Å². The van der Waals surface area contributed by atoms with Crippen LogP contribution < -0.4 is 5.55 Å². The third kappa shape index (κ3) is 4.61. The van der Waals surface area contributed by atoms with Crippen LogP contribution in [0.4, 0.5) is 0 Å². The fourth-order valence-electron chi connectivity index (χ4n) is 3.88. The van der Waals surface area contributed by atoms with Crippen LogP contribution >= 0.6 is 23.1 Å². The lowest BCUT2D eigenvalue weighted by molar-refractivity contribution is 0.271. The van der Waals surface area contributed by atoms with Crippen molar-refractivity contribution in [2.24, 2.45) is 4.99 Å². The van der Waals surface area contributed by atoms with E-state index in [4.69, 9.17) is 14.4 Å². The van der Waals surface area contributed by atoms with Gasteiger partial charge in [0.15, 0.2) is 0 Å². The molecule has 4 nitrogen and oxygen atoms in total. The lowest BCUT2D eigenvalue weighted by Crippen LogP contribution is -2.29. The lowest BCUT2D eigenvalue weighted by Gasteiger charge is -2.25. The maximum absolute atomic E-state index is 6.30. The summed E-state index contributed by atoms with van der Waals surface area (Å²) in [6.45, 7) is 5.95. The number of likely N-dealkylation sites (N-methyl/N-ethyl adjacent to an activating group) is 1. The van der Waals surface area contributed by atoms with Gasteiger partial charge in [-0.2, -0.15) is 4.98 Å². The van der Waals surface area contributed by atoms with Crippen LogP contribution in [0.15, 0.2) is 75.3 Å². The van der Waals surface area contributed by atoms with Gasteiger partial charge in [-0.05, 0) is 29.7 Å². The zero-order valence-electron chi connectivity index (χ0n) is 17.6. The van der Waals surface area contributed by atoms with Gasteiger partial charge in [-0.25, -0.2) is 4.99 Å². The standard InChI is InChI=1S/C25H25N3OS2/c1-2-28-14-13-21-20(16-28)22-23(26-15-18-9-5-3-6-10-18)29-25(27-24(22)31-21)30-17-19-11-7-4-8-12-19/h3-12H,2,13-17H2,1H3. The Labute approximate surface area is 190 Å². The third-order valence-electron chi connectivity index (χ3n) is 5.60. The quantitative estimate of drug-likeness (QED) is 0.358. The van der Waals surface area contributed by atoms with E-state index in [1.807, 2.05) is 23.5 Å². The number of fused-ring (bicyclic) bond motifs is 3. The molecule has 0 N–H and O–H groups in total. The molecule has 6 heteroatoms. The van der Waals surface area contributed by atoms with Crippen molar-refractivity contribution in [3.63, 3.8) is 0 Å². The number of hydrogen-bond acceptors (Lipinski definition) is 6. The van der Waals surface area contributed by atoms with E-state index in [2.05, 4.69) is 60.4 Å². The molecule has 0 saturated heterocycles. The summed E-state index contributed by atoms with van der Waals surface area (Å²) in [6.07, 6.45) is 1.08. The topological polar surface area (TPSA) is 41.6 Å². The predicted octanol–water partition coefficient (Wildman–Crippen LogP) is 5.66. The molecule has 5 rings (SSSR count). The van der Waals surface area contributed by atoms with Crippen molar-refractivity contribution >= 4 is 33.3 Å². The maximum atomic E-state index is 6.30. The Morgan fingerprint density at radius 2 is 1.81 bits per heavy atom. The van der Waals surface area contributed by atoms with Crippen molar-refractivity contribution < 1.29 is 4.42 Å². The Hall–Kier alpha value is -2.41. The zero-order valence-corrected chi connectivity index (χ0v) is 19.2. The predicted molar refractivity (Wildman–Crippen MR) is 128 cm³/mol. The zero-order chi connectivity index (χ0) is 21.0. The Morgan fingerprint density at radius 1 is 1.06 bits per heavy atom. The Morgan fingerprint density at radius 3 is 2.55 bits per heavy atom. The van der Waals surface area contributed by atoms with Crippen molar-refractivity contribution in [3.8, 4) is 0 Å². The molecular formula is C25H25N3OS2. The summed E-state index contributed by atoms with van der Waals surface area (Å²) < 4.78 is 6.30. The van der Waals surface area contributed by atoms with Crippen molar-refractivity contribution in [2.45, 2.75) is 37.4 Å². The first kappa shape index (κ1) is 20.5. The largest absolute Gasteiger partial charge is 0.414 e. The monoisotopic (exact) mass is 447 g/mol. The molecule has 0 unspecified atom stereocenters. The molecule has 0 spiro atoms. The van der Waals surface area contributed by atoms with E-state index in [0.29, 0.717) is 11.8 Å². The van der Waals surface area contributed by atoms with Crippen LogP contribution in [0.25, 0.3) is 10.2 Å². The average molecular weight is 448 g/mol. The highest BCUT2D eigenvalue weighted by atomic mass is 32.2. The van der Waals surface area contributed by atoms with Crippen LogP contribution in [-0.4, -0.2) is 23.0 Å². The van der Waals surface area contributed by atoms with Gasteiger partial charge in [0.2, 0.25) is 5.55 Å². The highest BCUT2D eigenvalue weighted by Gasteiger charge is 2.23. The second-order valence-corrected chi connectivity index (χ2v) is 9.67. The molecule has 0 radical (unpaired) electrons. The molecular weight excluding hydrogens is 422 g/mol. The summed E-state index contributed by atoms with van der Waals surface area (Å²) in [5.74, 6) is 0.829. The summed E-state index contributed by atoms with van der Waals surface area (Å²) in [7, 11) is 0. The highest BCUT2D eigenvalue weighted by molar-refractivity contribution is 7.98. The molecule has 0 saturated carbocycles. The summed E-state index contributed by atoms with van der Waals surface area (Å²) in [6, 6.07) is 20.8. The molecule has 3 heterocycles. The minimum absolute atomic E-state index is 0.606. The second kappa shape index (κ2) is 9.39. The Kier molecular flexibility index (Phi) is 6.20. The first-order chi connectivity index (χ1) is 15.3. The highest BCUT2D eigenvalue weighted by Crippen LogP contribution is 2.34. The van der Waals surface area contributed by atoms with Crippen LogP contribution in [0.1, 0.15) is 28.5 Å². The number of hydrogen-bond donors (Lipinski definition) is 0. The molecule has 1 aliphatic heterocycles. The first-order valence-corrected chi connectivity index (χ1v) is 12.5. The van der Waals surface area contributed by atoms with Gasteiger partial charge in [0, 0.05) is 23.7 Å². The number of thiophene rings is 1. The van der Waals surface area contributed by atoms with E-state index in [0.717, 1.165) is 47.6 Å². The first-order valence-electron chi connectivity index (χ1n) is 10.7. The van der Waals surface area contributed by atoms with Gasteiger partial charge >= 0.3 is 0 Å². The second-order valence-electron chi connectivity index (χ2n) is 7.66. The molecule has 0 amide bonds. The number of thioether (sulfide) groups is 1. The smallest absolute Gasteiger partial charge is 0.259 e. The maximum Gasteiger partial charge on any atom is 0.259 e. The molecule has 31 heavy (non-hydrogen) atoms. The molecule has 0 atom stereocenters. The van der Waals surface area contributed by atoms with Crippen LogP contribution in [0, 0.1) is 0 Å². The van der Waals surface area contributed by atoms with Crippen LogP contribution in [-0.2, 0) is 25.3 Å². The van der Waals surface area contributed by atoms with Gasteiger partial charge in [0.25, 0.3) is 5.22 Å². The van der Waals surface area contributed by atoms with Gasteiger partial charge in [0.05, 0.1) is 11.9 Å². The van der Waals surface area contributed by atoms with E-state index >= 15 is 0 Å². The van der Waals surface area contributed by atoms with Gasteiger partial charge in [-0.1, -0.05) is 79.3 Å². The van der Waals surface area contributed by atoms with Crippen molar-refractivity contribution in [1.82, 2.24) is 9.88 Å². The fourth-order valence-corrected chi connectivity index (χ4v) is 5.87. The molecule has 1 aliphatic rings. The molecule has 0 aliphatic carbocycles. The van der Waals surface area contributed by atoms with E-state index in [1.165, 1.54) is 21.6 Å². The Bertz CT molecular complexity index is 1230. The summed E-state index contributed by atoms with van der Waals surface area (Å²) in [5.41, 5.74) is 4.52. The average Bonchev–Trinajstić information content (AvgIpc) is 3.20.